The molecule has 1 aromatic rings. The van der Waals surface area contributed by atoms with Crippen LogP contribution in [0.2, 0.25) is 0 Å². The minimum absolute atomic E-state index is 0.491. The second-order valence-corrected chi connectivity index (χ2v) is 4.82. The van der Waals surface area contributed by atoms with Crippen molar-refractivity contribution in [1.29, 1.82) is 0 Å². The highest BCUT2D eigenvalue weighted by Gasteiger charge is 2.27. The van der Waals surface area contributed by atoms with Crippen molar-refractivity contribution in [2.75, 3.05) is 13.1 Å². The lowest BCUT2D eigenvalue weighted by Crippen LogP contribution is -2.48. The first-order chi connectivity index (χ1) is 7.70. The highest BCUT2D eigenvalue weighted by atomic mass is 16.5. The van der Waals surface area contributed by atoms with Crippen molar-refractivity contribution in [1.82, 2.24) is 10.1 Å². The average molecular weight is 223 g/mol. The Morgan fingerprint density at radius 1 is 1.62 bits per heavy atom. The van der Waals surface area contributed by atoms with Crippen molar-refractivity contribution >= 4 is 0 Å². The van der Waals surface area contributed by atoms with Crippen LogP contribution in [0.5, 0.6) is 0 Å². The van der Waals surface area contributed by atoms with Crippen LogP contribution in [-0.4, -0.2) is 29.2 Å². The zero-order valence-corrected chi connectivity index (χ0v) is 10.1. The molecule has 1 fully saturated rings. The van der Waals surface area contributed by atoms with Gasteiger partial charge in [0.2, 0.25) is 0 Å². The molecule has 16 heavy (non-hydrogen) atoms. The Labute approximate surface area is 96.8 Å². The zero-order valence-electron chi connectivity index (χ0n) is 10.1. The normalized spacial score (nSPS) is 27.2. The lowest BCUT2D eigenvalue weighted by molar-refractivity contribution is 0.0966. The smallest absolute Gasteiger partial charge is 0.133 e. The molecular weight excluding hydrogens is 202 g/mol. The molecule has 1 aromatic heterocycles. The number of hydrogen-bond acceptors (Lipinski definition) is 4. The molecule has 0 aromatic carbocycles. The second kappa shape index (κ2) is 4.97. The Morgan fingerprint density at radius 3 is 3.06 bits per heavy atom. The van der Waals surface area contributed by atoms with Gasteiger partial charge in [0.15, 0.2) is 0 Å². The van der Waals surface area contributed by atoms with Crippen molar-refractivity contribution in [2.24, 2.45) is 11.7 Å². The third-order valence-corrected chi connectivity index (χ3v) is 3.51. The summed E-state index contributed by atoms with van der Waals surface area (Å²) in [7, 11) is 0. The van der Waals surface area contributed by atoms with Crippen molar-refractivity contribution in [3.8, 4) is 0 Å². The summed E-state index contributed by atoms with van der Waals surface area (Å²) in [5.41, 5.74) is 6.88. The number of aryl methyl sites for hydroxylation is 1. The van der Waals surface area contributed by atoms with Gasteiger partial charge < -0.3 is 10.3 Å². The van der Waals surface area contributed by atoms with E-state index in [1.807, 2.05) is 13.0 Å². The summed E-state index contributed by atoms with van der Waals surface area (Å²) in [6.45, 7) is 6.94. The van der Waals surface area contributed by atoms with Crippen LogP contribution in [0, 0.1) is 12.8 Å². The van der Waals surface area contributed by atoms with Gasteiger partial charge in [-0.05, 0) is 32.2 Å². The van der Waals surface area contributed by atoms with E-state index in [4.69, 9.17) is 10.3 Å². The number of aromatic nitrogens is 1. The predicted molar refractivity (Wildman–Crippen MR) is 62.9 cm³/mol. The monoisotopic (exact) mass is 223 g/mol. The fraction of sp³-hybridized carbons (Fsp3) is 0.750. The van der Waals surface area contributed by atoms with E-state index in [2.05, 4.69) is 17.0 Å². The van der Waals surface area contributed by atoms with Crippen LogP contribution in [0.15, 0.2) is 10.6 Å². The van der Waals surface area contributed by atoms with E-state index in [0.717, 1.165) is 31.1 Å². The van der Waals surface area contributed by atoms with Crippen LogP contribution < -0.4 is 5.73 Å². The molecule has 1 aliphatic heterocycles. The SMILES string of the molecule is Cc1cc(CN2CCCC(C)C2CN)no1. The van der Waals surface area contributed by atoms with E-state index in [1.165, 1.54) is 12.8 Å². The Balaban J connectivity index is 2.02. The molecule has 4 heteroatoms. The van der Waals surface area contributed by atoms with E-state index in [0.29, 0.717) is 12.0 Å². The van der Waals surface area contributed by atoms with Gasteiger partial charge in [0.05, 0.1) is 5.69 Å². The Hall–Kier alpha value is -0.870. The minimum Gasteiger partial charge on any atom is -0.361 e. The zero-order chi connectivity index (χ0) is 11.5. The number of likely N-dealkylation sites (tertiary alicyclic amines) is 1. The van der Waals surface area contributed by atoms with Gasteiger partial charge in [-0.3, -0.25) is 4.90 Å². The largest absolute Gasteiger partial charge is 0.361 e. The molecule has 2 unspecified atom stereocenters. The van der Waals surface area contributed by atoms with Gasteiger partial charge in [0.25, 0.3) is 0 Å². The van der Waals surface area contributed by atoms with E-state index < -0.39 is 0 Å². The summed E-state index contributed by atoms with van der Waals surface area (Å²) in [5, 5.41) is 4.05. The number of hydrogen-bond donors (Lipinski definition) is 1. The van der Waals surface area contributed by atoms with Crippen molar-refractivity contribution in [3.63, 3.8) is 0 Å². The standard InChI is InChI=1S/C12H21N3O/c1-9-4-3-5-15(12(9)7-13)8-11-6-10(2)16-14-11/h6,9,12H,3-5,7-8,13H2,1-2H3. The molecule has 0 saturated carbocycles. The molecule has 90 valence electrons. The van der Waals surface area contributed by atoms with E-state index >= 15 is 0 Å². The van der Waals surface area contributed by atoms with Gasteiger partial charge in [-0.15, -0.1) is 0 Å². The molecule has 4 nitrogen and oxygen atoms in total. The second-order valence-electron chi connectivity index (χ2n) is 4.82. The van der Waals surface area contributed by atoms with E-state index in [1.54, 1.807) is 0 Å². The molecular formula is C12H21N3O. The molecule has 2 N–H and O–H groups in total. The number of piperidine rings is 1. The molecule has 0 spiro atoms. The number of nitrogens with zero attached hydrogens (tertiary/aromatic N) is 2. The topological polar surface area (TPSA) is 55.3 Å². The lowest BCUT2D eigenvalue weighted by atomic mass is 9.91. The molecule has 1 aliphatic rings. The molecule has 2 atom stereocenters. The molecule has 2 heterocycles. The highest BCUT2D eigenvalue weighted by Crippen LogP contribution is 2.24. The van der Waals surface area contributed by atoms with E-state index in [-0.39, 0.29) is 0 Å². The maximum atomic E-state index is 5.86. The molecule has 1 saturated heterocycles. The van der Waals surface area contributed by atoms with Gasteiger partial charge in [0.1, 0.15) is 5.76 Å². The van der Waals surface area contributed by atoms with Gasteiger partial charge in [-0.2, -0.15) is 0 Å². The molecule has 0 radical (unpaired) electrons. The maximum absolute atomic E-state index is 5.86. The molecule has 2 rings (SSSR count). The van der Waals surface area contributed by atoms with Crippen LogP contribution in [0.4, 0.5) is 0 Å². The van der Waals surface area contributed by atoms with Gasteiger partial charge in [-0.25, -0.2) is 0 Å². The summed E-state index contributed by atoms with van der Waals surface area (Å²) in [5.74, 6) is 1.57. The van der Waals surface area contributed by atoms with Crippen molar-refractivity contribution in [3.05, 3.63) is 17.5 Å². The van der Waals surface area contributed by atoms with Gasteiger partial charge in [-0.1, -0.05) is 12.1 Å². The van der Waals surface area contributed by atoms with Crippen molar-refractivity contribution < 1.29 is 4.52 Å². The minimum atomic E-state index is 0.491. The predicted octanol–water partition coefficient (Wildman–Crippen LogP) is 1.54. The van der Waals surface area contributed by atoms with Crippen LogP contribution in [-0.2, 0) is 6.54 Å². The number of rotatable bonds is 3. The highest BCUT2D eigenvalue weighted by molar-refractivity contribution is 5.04. The first-order valence-electron chi connectivity index (χ1n) is 6.07. The summed E-state index contributed by atoms with van der Waals surface area (Å²) in [4.78, 5) is 2.44. The summed E-state index contributed by atoms with van der Waals surface area (Å²) in [6.07, 6.45) is 2.55. The first-order valence-corrected chi connectivity index (χ1v) is 6.07. The molecule has 0 amide bonds. The Morgan fingerprint density at radius 2 is 2.44 bits per heavy atom. The van der Waals surface area contributed by atoms with Crippen LogP contribution >= 0.6 is 0 Å². The summed E-state index contributed by atoms with van der Waals surface area (Å²) < 4.78 is 5.09. The van der Waals surface area contributed by atoms with Crippen molar-refractivity contribution in [2.45, 2.75) is 39.3 Å². The average Bonchev–Trinajstić information content (AvgIpc) is 2.64. The fourth-order valence-electron chi connectivity index (χ4n) is 2.61. The fourth-order valence-corrected chi connectivity index (χ4v) is 2.61. The summed E-state index contributed by atoms with van der Waals surface area (Å²) in [6, 6.07) is 2.50. The van der Waals surface area contributed by atoms with Crippen LogP contribution in [0.3, 0.4) is 0 Å². The Kier molecular flexibility index (Phi) is 3.61. The Bertz CT molecular complexity index is 337. The van der Waals surface area contributed by atoms with Gasteiger partial charge >= 0.3 is 0 Å². The third-order valence-electron chi connectivity index (χ3n) is 3.51. The maximum Gasteiger partial charge on any atom is 0.133 e. The number of nitrogens with two attached hydrogens (primary N) is 1. The molecule has 0 aliphatic carbocycles. The first kappa shape index (κ1) is 11.6. The summed E-state index contributed by atoms with van der Waals surface area (Å²) >= 11 is 0. The van der Waals surface area contributed by atoms with Crippen LogP contribution in [0.1, 0.15) is 31.2 Å². The quantitative estimate of drug-likeness (QED) is 0.844. The van der Waals surface area contributed by atoms with Crippen LogP contribution in [0.25, 0.3) is 0 Å². The van der Waals surface area contributed by atoms with Gasteiger partial charge in [0, 0.05) is 25.2 Å². The molecule has 0 bridgehead atoms. The third kappa shape index (κ3) is 2.44. The lowest BCUT2D eigenvalue weighted by Gasteiger charge is -2.38. The van der Waals surface area contributed by atoms with E-state index in [9.17, 15) is 0 Å².